The number of benzene rings is 1. The zero-order valence-corrected chi connectivity index (χ0v) is 13.8. The van der Waals surface area contributed by atoms with Crippen molar-refractivity contribution in [2.24, 2.45) is 0 Å². The molecule has 0 saturated heterocycles. The summed E-state index contributed by atoms with van der Waals surface area (Å²) in [4.78, 5) is 11.9. The summed E-state index contributed by atoms with van der Waals surface area (Å²) in [6.45, 7) is 4.48. The van der Waals surface area contributed by atoms with E-state index in [-0.39, 0.29) is 11.8 Å². The number of carbonyl (C=O) groups excluding carboxylic acids is 1. The first-order valence-corrected chi connectivity index (χ1v) is 7.81. The van der Waals surface area contributed by atoms with E-state index < -0.39 is 0 Å². The normalized spacial score (nSPS) is 10.8. The summed E-state index contributed by atoms with van der Waals surface area (Å²) in [5.41, 5.74) is 1.03. The third kappa shape index (κ3) is 5.09. The number of hydrogen-bond donors (Lipinski definition) is 1. The van der Waals surface area contributed by atoms with Gasteiger partial charge in [-0.1, -0.05) is 32.0 Å². The predicted molar refractivity (Wildman–Crippen MR) is 86.4 cm³/mol. The fourth-order valence-corrected chi connectivity index (χ4v) is 2.16. The van der Waals surface area contributed by atoms with Gasteiger partial charge in [0, 0.05) is 25.3 Å². The van der Waals surface area contributed by atoms with E-state index in [1.54, 1.807) is 7.11 Å². The fraction of sp³-hybridized carbons (Fsp3) is 0.471. The Labute approximate surface area is 136 Å². The number of aromatic nitrogens is 2. The smallest absolute Gasteiger partial charge is 0.220 e. The van der Waals surface area contributed by atoms with Gasteiger partial charge in [-0.2, -0.15) is 0 Å². The molecule has 0 aliphatic rings. The molecule has 6 nitrogen and oxygen atoms in total. The molecule has 0 aliphatic carbocycles. The van der Waals surface area contributed by atoms with Gasteiger partial charge in [0.2, 0.25) is 17.7 Å². The molecule has 0 bridgehead atoms. The Morgan fingerprint density at radius 3 is 2.74 bits per heavy atom. The van der Waals surface area contributed by atoms with Gasteiger partial charge in [0.15, 0.2) is 0 Å². The topological polar surface area (TPSA) is 77.2 Å². The lowest BCUT2D eigenvalue weighted by Gasteiger charge is -2.08. The lowest BCUT2D eigenvalue weighted by Crippen LogP contribution is -2.26. The van der Waals surface area contributed by atoms with Crippen LogP contribution in [0.25, 0.3) is 0 Å². The Morgan fingerprint density at radius 2 is 2.04 bits per heavy atom. The SMILES string of the molecule is COc1ccccc1CCC(=O)NCCc1nnc(C(C)C)o1. The van der Waals surface area contributed by atoms with Crippen LogP contribution in [-0.2, 0) is 17.6 Å². The number of methoxy groups -OCH3 is 1. The fourth-order valence-electron chi connectivity index (χ4n) is 2.16. The standard InChI is InChI=1S/C17H23N3O3/c1-12(2)17-20-19-16(23-17)10-11-18-15(21)9-8-13-6-4-5-7-14(13)22-3/h4-7,12H,8-11H2,1-3H3,(H,18,21). The van der Waals surface area contributed by atoms with Crippen LogP contribution in [0.4, 0.5) is 0 Å². The highest BCUT2D eigenvalue weighted by Gasteiger charge is 2.10. The van der Waals surface area contributed by atoms with Crippen LogP contribution >= 0.6 is 0 Å². The van der Waals surface area contributed by atoms with Crippen LogP contribution < -0.4 is 10.1 Å². The molecule has 0 atom stereocenters. The van der Waals surface area contributed by atoms with Crippen molar-refractivity contribution in [1.29, 1.82) is 0 Å². The van der Waals surface area contributed by atoms with Gasteiger partial charge in [0.1, 0.15) is 5.75 Å². The molecule has 0 unspecified atom stereocenters. The molecule has 1 amide bonds. The van der Waals surface area contributed by atoms with Crippen LogP contribution in [0, 0.1) is 0 Å². The number of rotatable bonds is 8. The molecule has 0 saturated carbocycles. The molecule has 124 valence electrons. The van der Waals surface area contributed by atoms with Crippen molar-refractivity contribution in [1.82, 2.24) is 15.5 Å². The highest BCUT2D eigenvalue weighted by atomic mass is 16.5. The maximum absolute atomic E-state index is 11.9. The quantitative estimate of drug-likeness (QED) is 0.809. The van der Waals surface area contributed by atoms with E-state index in [4.69, 9.17) is 9.15 Å². The Morgan fingerprint density at radius 1 is 1.26 bits per heavy atom. The van der Waals surface area contributed by atoms with Crippen molar-refractivity contribution < 1.29 is 13.9 Å². The van der Waals surface area contributed by atoms with Crippen LogP contribution in [0.5, 0.6) is 5.75 Å². The molecule has 0 aliphatic heterocycles. The first-order chi connectivity index (χ1) is 11.1. The summed E-state index contributed by atoms with van der Waals surface area (Å²) in [5, 5.41) is 10.8. The van der Waals surface area contributed by atoms with Gasteiger partial charge in [-0.25, -0.2) is 0 Å². The average Bonchev–Trinajstić information content (AvgIpc) is 3.02. The number of para-hydroxylation sites is 1. The maximum atomic E-state index is 11.9. The van der Waals surface area contributed by atoms with Crippen LogP contribution in [-0.4, -0.2) is 29.8 Å². The minimum Gasteiger partial charge on any atom is -0.496 e. The molecule has 1 aromatic carbocycles. The third-order valence-corrected chi connectivity index (χ3v) is 3.45. The summed E-state index contributed by atoms with van der Waals surface area (Å²) < 4.78 is 10.8. The van der Waals surface area contributed by atoms with E-state index in [1.165, 1.54) is 0 Å². The molecule has 0 spiro atoms. The number of nitrogens with one attached hydrogen (secondary N) is 1. The Hall–Kier alpha value is -2.37. The molecule has 1 N–H and O–H groups in total. The highest BCUT2D eigenvalue weighted by Crippen LogP contribution is 2.18. The molecule has 0 radical (unpaired) electrons. The molecule has 2 rings (SSSR count). The molecule has 23 heavy (non-hydrogen) atoms. The monoisotopic (exact) mass is 317 g/mol. The van der Waals surface area contributed by atoms with Gasteiger partial charge in [0.05, 0.1) is 7.11 Å². The molecule has 2 aromatic rings. The van der Waals surface area contributed by atoms with E-state index in [0.29, 0.717) is 37.6 Å². The Kier molecular flexibility index (Phi) is 6.14. The van der Waals surface area contributed by atoms with E-state index in [1.807, 2.05) is 38.1 Å². The zero-order valence-electron chi connectivity index (χ0n) is 13.8. The highest BCUT2D eigenvalue weighted by molar-refractivity contribution is 5.76. The first kappa shape index (κ1) is 17.0. The van der Waals surface area contributed by atoms with Crippen molar-refractivity contribution in [2.75, 3.05) is 13.7 Å². The van der Waals surface area contributed by atoms with Crippen molar-refractivity contribution in [2.45, 2.75) is 39.0 Å². The first-order valence-electron chi connectivity index (χ1n) is 7.81. The van der Waals surface area contributed by atoms with Crippen LogP contribution in [0.15, 0.2) is 28.7 Å². The number of carbonyl (C=O) groups is 1. The van der Waals surface area contributed by atoms with E-state index in [0.717, 1.165) is 11.3 Å². The maximum Gasteiger partial charge on any atom is 0.220 e. The minimum atomic E-state index is -0.000459. The molecular formula is C17H23N3O3. The second kappa shape index (κ2) is 8.31. The minimum absolute atomic E-state index is 0.000459. The van der Waals surface area contributed by atoms with Gasteiger partial charge in [-0.05, 0) is 18.1 Å². The average molecular weight is 317 g/mol. The van der Waals surface area contributed by atoms with Gasteiger partial charge in [-0.3, -0.25) is 4.79 Å². The lowest BCUT2D eigenvalue weighted by atomic mass is 10.1. The second-order valence-electron chi connectivity index (χ2n) is 5.60. The summed E-state index contributed by atoms with van der Waals surface area (Å²) in [7, 11) is 1.63. The number of aryl methyl sites for hydroxylation is 1. The third-order valence-electron chi connectivity index (χ3n) is 3.45. The molecule has 1 aromatic heterocycles. The molecule has 1 heterocycles. The van der Waals surface area contributed by atoms with Gasteiger partial charge in [0.25, 0.3) is 0 Å². The van der Waals surface area contributed by atoms with Crippen LogP contribution in [0.2, 0.25) is 0 Å². The lowest BCUT2D eigenvalue weighted by molar-refractivity contribution is -0.121. The van der Waals surface area contributed by atoms with Crippen molar-refractivity contribution in [3.8, 4) is 5.75 Å². The van der Waals surface area contributed by atoms with E-state index >= 15 is 0 Å². The number of ether oxygens (including phenoxy) is 1. The van der Waals surface area contributed by atoms with Crippen LogP contribution in [0.3, 0.4) is 0 Å². The summed E-state index contributed by atoms with van der Waals surface area (Å²) in [5.74, 6) is 2.21. The van der Waals surface area contributed by atoms with E-state index in [9.17, 15) is 4.79 Å². The Balaban J connectivity index is 1.72. The van der Waals surface area contributed by atoms with Crippen molar-refractivity contribution >= 4 is 5.91 Å². The summed E-state index contributed by atoms with van der Waals surface area (Å²) >= 11 is 0. The van der Waals surface area contributed by atoms with Gasteiger partial charge >= 0.3 is 0 Å². The number of amides is 1. The summed E-state index contributed by atoms with van der Waals surface area (Å²) in [6.07, 6.45) is 1.61. The molecule has 0 fully saturated rings. The second-order valence-corrected chi connectivity index (χ2v) is 5.60. The summed E-state index contributed by atoms with van der Waals surface area (Å²) in [6, 6.07) is 7.73. The molecule has 6 heteroatoms. The van der Waals surface area contributed by atoms with Gasteiger partial charge in [-0.15, -0.1) is 10.2 Å². The number of hydrogen-bond acceptors (Lipinski definition) is 5. The number of nitrogens with zero attached hydrogens (tertiary/aromatic N) is 2. The predicted octanol–water partition coefficient (Wildman–Crippen LogP) is 2.49. The van der Waals surface area contributed by atoms with Crippen molar-refractivity contribution in [3.05, 3.63) is 41.6 Å². The largest absolute Gasteiger partial charge is 0.496 e. The molecular weight excluding hydrogens is 294 g/mol. The zero-order chi connectivity index (χ0) is 16.7. The Bertz CT molecular complexity index is 638. The van der Waals surface area contributed by atoms with Gasteiger partial charge < -0.3 is 14.5 Å². The van der Waals surface area contributed by atoms with E-state index in [2.05, 4.69) is 15.5 Å². The van der Waals surface area contributed by atoms with Crippen molar-refractivity contribution in [3.63, 3.8) is 0 Å². The van der Waals surface area contributed by atoms with Crippen LogP contribution in [0.1, 0.15) is 43.5 Å².